The predicted octanol–water partition coefficient (Wildman–Crippen LogP) is 3.81. The molecule has 1 radical (unpaired) electrons. The van der Waals surface area contributed by atoms with Crippen molar-refractivity contribution >= 4 is 5.78 Å². The van der Waals surface area contributed by atoms with E-state index < -0.39 is 51.9 Å². The van der Waals surface area contributed by atoms with Crippen LogP contribution in [-0.4, -0.2) is 20.7 Å². The Labute approximate surface area is 159 Å². The van der Waals surface area contributed by atoms with Crippen molar-refractivity contribution in [2.45, 2.75) is 6.92 Å². The average molecular weight is 432 g/mol. The molecular formula is C17H9CuF5N2O2. The SMILES string of the molecule is Cc1nn(-c2ccccc2)c(O)c1C(=O)c1c(F)c(F)c(F)c(F)c1F.[Cu]. The number of carbonyl (C=O) groups excluding carboxylic acids is 1. The standard InChI is InChI=1S/C17H9F5N2O2.Cu/c1-7-9(17(26)24(23-7)8-5-3-2-4-6-8)16(25)10-11(18)13(20)15(22)14(21)12(10)19;/h2-6,26H,1H3;. The van der Waals surface area contributed by atoms with Gasteiger partial charge >= 0.3 is 0 Å². The third-order valence-corrected chi connectivity index (χ3v) is 3.70. The van der Waals surface area contributed by atoms with E-state index in [-0.39, 0.29) is 22.8 Å². The quantitative estimate of drug-likeness (QED) is 0.225. The molecule has 0 unspecified atom stereocenters. The summed E-state index contributed by atoms with van der Waals surface area (Å²) in [7, 11) is 0. The van der Waals surface area contributed by atoms with Crippen LogP contribution in [0.2, 0.25) is 0 Å². The van der Waals surface area contributed by atoms with E-state index in [9.17, 15) is 31.9 Å². The number of para-hydroxylation sites is 1. The number of rotatable bonds is 3. The number of ketones is 1. The van der Waals surface area contributed by atoms with Crippen LogP contribution in [0.4, 0.5) is 22.0 Å². The summed E-state index contributed by atoms with van der Waals surface area (Å²) in [6.45, 7) is 1.25. The molecule has 0 aliphatic heterocycles. The molecule has 1 heterocycles. The van der Waals surface area contributed by atoms with Crippen LogP contribution < -0.4 is 0 Å². The number of benzene rings is 2. The maximum absolute atomic E-state index is 13.9. The summed E-state index contributed by atoms with van der Waals surface area (Å²) >= 11 is 0. The molecule has 3 rings (SSSR count). The van der Waals surface area contributed by atoms with E-state index in [1.807, 2.05) is 0 Å². The first-order chi connectivity index (χ1) is 12.3. The Morgan fingerprint density at radius 3 is 1.89 bits per heavy atom. The second-order valence-electron chi connectivity index (χ2n) is 5.31. The number of aromatic nitrogens is 2. The second-order valence-corrected chi connectivity index (χ2v) is 5.31. The molecule has 1 N–H and O–H groups in total. The fourth-order valence-electron chi connectivity index (χ4n) is 2.46. The number of hydrogen-bond donors (Lipinski definition) is 1. The van der Waals surface area contributed by atoms with Gasteiger partial charge in [0, 0.05) is 17.1 Å². The zero-order valence-electron chi connectivity index (χ0n) is 13.3. The molecule has 0 spiro atoms. The van der Waals surface area contributed by atoms with Gasteiger partial charge in [-0.1, -0.05) is 18.2 Å². The van der Waals surface area contributed by atoms with Crippen molar-refractivity contribution in [1.82, 2.24) is 9.78 Å². The van der Waals surface area contributed by atoms with Crippen LogP contribution in [0, 0.1) is 36.0 Å². The molecule has 0 bridgehead atoms. The van der Waals surface area contributed by atoms with Gasteiger partial charge in [-0.25, -0.2) is 26.6 Å². The van der Waals surface area contributed by atoms with E-state index in [0.29, 0.717) is 5.69 Å². The van der Waals surface area contributed by atoms with Gasteiger partial charge in [0.25, 0.3) is 0 Å². The summed E-state index contributed by atoms with van der Waals surface area (Å²) in [6.07, 6.45) is 0. The summed E-state index contributed by atoms with van der Waals surface area (Å²) in [5, 5.41) is 14.1. The first-order valence-electron chi connectivity index (χ1n) is 7.15. The summed E-state index contributed by atoms with van der Waals surface area (Å²) in [4.78, 5) is 12.4. The van der Waals surface area contributed by atoms with Gasteiger partial charge in [-0.15, -0.1) is 0 Å². The van der Waals surface area contributed by atoms with Crippen molar-refractivity contribution in [2.75, 3.05) is 0 Å². The minimum absolute atomic E-state index is 0. The van der Waals surface area contributed by atoms with Gasteiger partial charge in [0.1, 0.15) is 11.1 Å². The van der Waals surface area contributed by atoms with Crippen molar-refractivity contribution < 1.29 is 48.9 Å². The number of aryl methyl sites for hydroxylation is 1. The van der Waals surface area contributed by atoms with Crippen LogP contribution in [0.15, 0.2) is 30.3 Å². The van der Waals surface area contributed by atoms with Crippen LogP contribution in [0.5, 0.6) is 5.88 Å². The molecule has 27 heavy (non-hydrogen) atoms. The molecule has 1 aromatic heterocycles. The summed E-state index contributed by atoms with van der Waals surface area (Å²) < 4.78 is 68.5. The summed E-state index contributed by atoms with van der Waals surface area (Å²) in [5.74, 6) is -13.8. The van der Waals surface area contributed by atoms with Gasteiger partial charge in [-0.3, -0.25) is 4.79 Å². The van der Waals surface area contributed by atoms with Crippen LogP contribution in [0.1, 0.15) is 21.6 Å². The first-order valence-corrected chi connectivity index (χ1v) is 7.15. The topological polar surface area (TPSA) is 55.1 Å². The normalized spacial score (nSPS) is 10.6. The van der Waals surface area contributed by atoms with Gasteiger partial charge in [-0.05, 0) is 19.1 Å². The largest absolute Gasteiger partial charge is 0.493 e. The molecule has 145 valence electrons. The average Bonchev–Trinajstić information content (AvgIpc) is 2.93. The molecular weight excluding hydrogens is 423 g/mol. The van der Waals surface area contributed by atoms with Crippen LogP contribution in [0.25, 0.3) is 5.69 Å². The molecule has 0 saturated heterocycles. The molecule has 3 aromatic rings. The Morgan fingerprint density at radius 2 is 1.37 bits per heavy atom. The summed E-state index contributed by atoms with van der Waals surface area (Å²) in [5.41, 5.74) is -2.16. The zero-order chi connectivity index (χ0) is 19.2. The maximum Gasteiger partial charge on any atom is 0.225 e. The monoisotopic (exact) mass is 431 g/mol. The van der Waals surface area contributed by atoms with Crippen LogP contribution in [0.3, 0.4) is 0 Å². The fraction of sp³-hybridized carbons (Fsp3) is 0.0588. The van der Waals surface area contributed by atoms with E-state index in [4.69, 9.17) is 0 Å². The van der Waals surface area contributed by atoms with Gasteiger partial charge in [0.2, 0.25) is 17.5 Å². The minimum Gasteiger partial charge on any atom is -0.493 e. The molecule has 4 nitrogen and oxygen atoms in total. The number of halogens is 5. The van der Waals surface area contributed by atoms with E-state index >= 15 is 0 Å². The summed E-state index contributed by atoms with van der Waals surface area (Å²) in [6, 6.07) is 7.95. The minimum atomic E-state index is -2.38. The van der Waals surface area contributed by atoms with Gasteiger partial charge < -0.3 is 5.11 Å². The number of hydrogen-bond acceptors (Lipinski definition) is 3. The van der Waals surface area contributed by atoms with Crippen LogP contribution >= 0.6 is 0 Å². The number of aromatic hydroxyl groups is 1. The van der Waals surface area contributed by atoms with Crippen molar-refractivity contribution in [1.29, 1.82) is 0 Å². The molecule has 0 amide bonds. The smallest absolute Gasteiger partial charge is 0.225 e. The molecule has 0 atom stereocenters. The van der Waals surface area contributed by atoms with Gasteiger partial charge in [-0.2, -0.15) is 5.10 Å². The first kappa shape index (κ1) is 20.6. The van der Waals surface area contributed by atoms with Crippen molar-refractivity contribution in [3.8, 4) is 11.6 Å². The predicted molar refractivity (Wildman–Crippen MR) is 79.6 cm³/mol. The maximum atomic E-state index is 13.9. The third kappa shape index (κ3) is 3.22. The molecule has 2 aromatic carbocycles. The van der Waals surface area contributed by atoms with E-state index in [0.717, 1.165) is 4.68 Å². The van der Waals surface area contributed by atoms with E-state index in [1.54, 1.807) is 18.2 Å². The van der Waals surface area contributed by atoms with Crippen molar-refractivity contribution in [3.63, 3.8) is 0 Å². The Balaban J connectivity index is 0.00000261. The Morgan fingerprint density at radius 1 is 0.889 bits per heavy atom. The molecule has 0 aliphatic rings. The van der Waals surface area contributed by atoms with Gasteiger partial charge in [0.15, 0.2) is 23.3 Å². The molecule has 0 saturated carbocycles. The zero-order valence-corrected chi connectivity index (χ0v) is 14.3. The number of carbonyl (C=O) groups is 1. The Kier molecular flexibility index (Phi) is 5.72. The van der Waals surface area contributed by atoms with Crippen molar-refractivity contribution in [3.05, 3.63) is 76.2 Å². The Hall–Kier alpha value is -2.71. The molecule has 0 aliphatic carbocycles. The van der Waals surface area contributed by atoms with E-state index in [1.165, 1.54) is 19.1 Å². The fourth-order valence-corrected chi connectivity index (χ4v) is 2.46. The van der Waals surface area contributed by atoms with Crippen LogP contribution in [-0.2, 0) is 17.1 Å². The van der Waals surface area contributed by atoms with Gasteiger partial charge in [0.05, 0.1) is 11.4 Å². The van der Waals surface area contributed by atoms with Crippen molar-refractivity contribution in [2.24, 2.45) is 0 Å². The molecule has 10 heteroatoms. The second kappa shape index (κ2) is 7.50. The third-order valence-electron chi connectivity index (χ3n) is 3.70. The van der Waals surface area contributed by atoms with E-state index in [2.05, 4.69) is 5.10 Å². The molecule has 0 fully saturated rings. The Bertz CT molecular complexity index is 1010. The number of nitrogens with zero attached hydrogens (tertiary/aromatic N) is 2.